The number of hydrogen-bond acceptors (Lipinski definition) is 7. The normalized spacial score (nSPS) is 16.1. The summed E-state index contributed by atoms with van der Waals surface area (Å²) in [6.45, 7) is 11.2. The Hall–Kier alpha value is -2.61. The molecule has 0 aromatic carbocycles. The maximum Gasteiger partial charge on any atom is 0.228 e. The summed E-state index contributed by atoms with van der Waals surface area (Å²) < 4.78 is 7.69. The Balaban J connectivity index is 1.95. The molecule has 0 radical (unpaired) electrons. The van der Waals surface area contributed by atoms with Crippen molar-refractivity contribution in [3.05, 3.63) is 24.0 Å². The van der Waals surface area contributed by atoms with E-state index < -0.39 is 0 Å². The van der Waals surface area contributed by atoms with Gasteiger partial charge >= 0.3 is 0 Å². The van der Waals surface area contributed by atoms with Gasteiger partial charge in [-0.3, -0.25) is 0 Å². The molecule has 142 valence electrons. The molecular formula is C19H25N7O. The number of imidazole rings is 1. The molecule has 8 nitrogen and oxygen atoms in total. The maximum absolute atomic E-state index is 5.49. The zero-order valence-electron chi connectivity index (χ0n) is 16.3. The zero-order valence-corrected chi connectivity index (χ0v) is 16.3. The molecule has 0 amide bonds. The van der Waals surface area contributed by atoms with Gasteiger partial charge in [0, 0.05) is 37.1 Å². The van der Waals surface area contributed by atoms with Crippen molar-refractivity contribution < 1.29 is 4.74 Å². The quantitative estimate of drug-likeness (QED) is 0.701. The predicted molar refractivity (Wildman–Crippen MR) is 104 cm³/mol. The van der Waals surface area contributed by atoms with Gasteiger partial charge in [0.05, 0.1) is 13.2 Å². The van der Waals surface area contributed by atoms with Crippen LogP contribution in [0.5, 0.6) is 0 Å². The first kappa shape index (κ1) is 17.8. The van der Waals surface area contributed by atoms with Crippen LogP contribution in [0.25, 0.3) is 22.4 Å². The molecule has 0 spiro atoms. The monoisotopic (exact) mass is 367 g/mol. The summed E-state index contributed by atoms with van der Waals surface area (Å²) in [6.07, 6.45) is 4.63. The van der Waals surface area contributed by atoms with Crippen LogP contribution in [0.3, 0.4) is 0 Å². The number of hydrogen-bond donors (Lipinski definition) is 0. The lowest BCUT2D eigenvalue weighted by molar-refractivity contribution is 0.122. The minimum Gasteiger partial charge on any atom is -0.378 e. The summed E-state index contributed by atoms with van der Waals surface area (Å²) in [4.78, 5) is 25.4. The highest BCUT2D eigenvalue weighted by Crippen LogP contribution is 2.30. The molecule has 0 aliphatic carbocycles. The molecule has 0 N–H and O–H groups in total. The topological polar surface area (TPSA) is 81.9 Å². The summed E-state index contributed by atoms with van der Waals surface area (Å²) in [5, 5.41) is 0. The third-order valence-corrected chi connectivity index (χ3v) is 5.08. The highest BCUT2D eigenvalue weighted by molar-refractivity contribution is 5.88. The number of aromatic nitrogens is 6. The van der Waals surface area contributed by atoms with Crippen LogP contribution in [0.1, 0.15) is 38.0 Å². The molecule has 1 saturated heterocycles. The lowest BCUT2D eigenvalue weighted by Gasteiger charge is -2.27. The second-order valence-corrected chi connectivity index (χ2v) is 6.95. The van der Waals surface area contributed by atoms with Crippen molar-refractivity contribution >= 4 is 17.1 Å². The van der Waals surface area contributed by atoms with E-state index in [4.69, 9.17) is 19.7 Å². The minimum absolute atomic E-state index is 0.310. The van der Waals surface area contributed by atoms with E-state index in [0.717, 1.165) is 53.6 Å². The first-order valence-electron chi connectivity index (χ1n) is 9.46. The SMILES string of the molecule is CCC(C)n1c(C)nc2c(-c3cnc(C)nc3)nc(N3CCOCC3)nc21. The standard InChI is InChI=1S/C19H25N7O/c1-5-12(2)26-14(4)22-17-16(15-10-20-13(3)21-11-15)23-19(24-18(17)26)25-6-8-27-9-7-25/h10-12H,5-9H2,1-4H3. The highest BCUT2D eigenvalue weighted by atomic mass is 16.5. The van der Waals surface area contributed by atoms with E-state index >= 15 is 0 Å². The van der Waals surface area contributed by atoms with E-state index in [-0.39, 0.29) is 0 Å². The van der Waals surface area contributed by atoms with Crippen LogP contribution in [0.15, 0.2) is 12.4 Å². The third kappa shape index (κ3) is 3.25. The van der Waals surface area contributed by atoms with Gasteiger partial charge in [-0.2, -0.15) is 4.98 Å². The highest BCUT2D eigenvalue weighted by Gasteiger charge is 2.23. The summed E-state index contributed by atoms with van der Waals surface area (Å²) in [6, 6.07) is 0.310. The van der Waals surface area contributed by atoms with Gasteiger partial charge in [-0.15, -0.1) is 0 Å². The third-order valence-electron chi connectivity index (χ3n) is 5.08. The Kier molecular flexibility index (Phi) is 4.73. The van der Waals surface area contributed by atoms with Crippen LogP contribution < -0.4 is 4.90 Å². The fourth-order valence-electron chi connectivity index (χ4n) is 3.40. The van der Waals surface area contributed by atoms with Crippen molar-refractivity contribution in [2.24, 2.45) is 0 Å². The molecule has 0 saturated carbocycles. The Labute approximate surface area is 158 Å². The molecule has 1 fully saturated rings. The number of nitrogens with zero attached hydrogens (tertiary/aromatic N) is 7. The molecular weight excluding hydrogens is 342 g/mol. The Morgan fingerprint density at radius 1 is 1.07 bits per heavy atom. The van der Waals surface area contributed by atoms with Crippen molar-refractivity contribution in [1.82, 2.24) is 29.5 Å². The Morgan fingerprint density at radius 3 is 2.44 bits per heavy atom. The Morgan fingerprint density at radius 2 is 1.78 bits per heavy atom. The van der Waals surface area contributed by atoms with Gasteiger partial charge in [-0.05, 0) is 27.2 Å². The second kappa shape index (κ2) is 7.19. The molecule has 4 heterocycles. The van der Waals surface area contributed by atoms with Gasteiger partial charge in [0.15, 0.2) is 5.65 Å². The summed E-state index contributed by atoms with van der Waals surface area (Å²) in [7, 11) is 0. The number of morpholine rings is 1. The van der Waals surface area contributed by atoms with Crippen LogP contribution in [-0.2, 0) is 4.74 Å². The van der Waals surface area contributed by atoms with E-state index in [9.17, 15) is 0 Å². The van der Waals surface area contributed by atoms with Gasteiger partial charge in [0.1, 0.15) is 22.9 Å². The zero-order chi connectivity index (χ0) is 19.0. The molecule has 3 aromatic heterocycles. The first-order chi connectivity index (χ1) is 13.1. The van der Waals surface area contributed by atoms with Crippen molar-refractivity contribution in [3.63, 3.8) is 0 Å². The van der Waals surface area contributed by atoms with E-state index in [1.807, 2.05) is 26.2 Å². The van der Waals surface area contributed by atoms with E-state index in [1.54, 1.807) is 0 Å². The molecule has 1 aliphatic heterocycles. The number of anilines is 1. The lowest BCUT2D eigenvalue weighted by atomic mass is 10.2. The minimum atomic E-state index is 0.310. The molecule has 4 rings (SSSR count). The summed E-state index contributed by atoms with van der Waals surface area (Å²) >= 11 is 0. The first-order valence-corrected chi connectivity index (χ1v) is 9.46. The van der Waals surface area contributed by atoms with Gasteiger partial charge in [0.2, 0.25) is 5.95 Å². The van der Waals surface area contributed by atoms with Gasteiger partial charge in [-0.25, -0.2) is 19.9 Å². The largest absolute Gasteiger partial charge is 0.378 e. The van der Waals surface area contributed by atoms with Crippen molar-refractivity contribution in [2.45, 2.75) is 40.2 Å². The van der Waals surface area contributed by atoms with Crippen molar-refractivity contribution in [3.8, 4) is 11.3 Å². The van der Waals surface area contributed by atoms with Crippen LogP contribution in [0.4, 0.5) is 5.95 Å². The van der Waals surface area contributed by atoms with E-state index in [0.29, 0.717) is 25.2 Å². The number of ether oxygens (including phenoxy) is 1. The van der Waals surface area contributed by atoms with Gasteiger partial charge < -0.3 is 14.2 Å². The average Bonchev–Trinajstić information content (AvgIpc) is 3.04. The van der Waals surface area contributed by atoms with E-state index in [1.165, 1.54) is 0 Å². The molecule has 3 aromatic rings. The molecule has 1 aliphatic rings. The summed E-state index contributed by atoms with van der Waals surface area (Å²) in [5.41, 5.74) is 3.31. The summed E-state index contributed by atoms with van der Waals surface area (Å²) in [5.74, 6) is 2.40. The average molecular weight is 367 g/mol. The van der Waals surface area contributed by atoms with Crippen LogP contribution in [-0.4, -0.2) is 55.8 Å². The molecule has 27 heavy (non-hydrogen) atoms. The van der Waals surface area contributed by atoms with Gasteiger partial charge in [0.25, 0.3) is 0 Å². The smallest absolute Gasteiger partial charge is 0.228 e. The van der Waals surface area contributed by atoms with Gasteiger partial charge in [-0.1, -0.05) is 6.92 Å². The van der Waals surface area contributed by atoms with Crippen molar-refractivity contribution in [1.29, 1.82) is 0 Å². The maximum atomic E-state index is 5.49. The molecule has 0 bridgehead atoms. The number of rotatable bonds is 4. The van der Waals surface area contributed by atoms with Crippen LogP contribution >= 0.6 is 0 Å². The van der Waals surface area contributed by atoms with Crippen molar-refractivity contribution in [2.75, 3.05) is 31.2 Å². The van der Waals surface area contributed by atoms with E-state index in [2.05, 4.69) is 33.3 Å². The Bertz CT molecular complexity index is 945. The molecule has 8 heteroatoms. The molecule has 1 unspecified atom stereocenters. The molecule has 1 atom stereocenters. The predicted octanol–water partition coefficient (Wildman–Crippen LogP) is 2.71. The fourth-order valence-corrected chi connectivity index (χ4v) is 3.40. The van der Waals surface area contributed by atoms with Crippen LogP contribution in [0, 0.1) is 13.8 Å². The van der Waals surface area contributed by atoms with Crippen LogP contribution in [0.2, 0.25) is 0 Å². The fraction of sp³-hybridized carbons (Fsp3) is 0.526. The lowest BCUT2D eigenvalue weighted by Crippen LogP contribution is -2.37. The number of fused-ring (bicyclic) bond motifs is 1. The number of aryl methyl sites for hydroxylation is 2. The second-order valence-electron chi connectivity index (χ2n) is 6.95.